The normalized spacial score (nSPS) is 13.2. The molecule has 0 fully saturated rings. The number of carbonyl (C=O) groups is 1. The Morgan fingerprint density at radius 1 is 1.50 bits per heavy atom. The number of nitrogens with two attached hydrogens (primary N) is 1. The van der Waals surface area contributed by atoms with Gasteiger partial charge in [-0.1, -0.05) is 0 Å². The minimum Gasteiger partial charge on any atom is -0.460 e. The van der Waals surface area contributed by atoms with Crippen LogP contribution in [0.15, 0.2) is 18.5 Å². The van der Waals surface area contributed by atoms with Gasteiger partial charge >= 0.3 is 5.97 Å². The highest BCUT2D eigenvalue weighted by Gasteiger charge is 2.24. The van der Waals surface area contributed by atoms with Crippen LogP contribution in [-0.2, 0) is 16.0 Å². The molecule has 0 spiro atoms. The fourth-order valence-corrected chi connectivity index (χ4v) is 1.62. The molecule has 0 aromatic carbocycles. The number of hydrogen-bond donors (Lipinski definition) is 1. The van der Waals surface area contributed by atoms with Crippen molar-refractivity contribution < 1.29 is 9.53 Å². The zero-order chi connectivity index (χ0) is 13.8. The number of ether oxygens (including phenoxy) is 1. The van der Waals surface area contributed by atoms with Crippen molar-refractivity contribution >= 4 is 5.97 Å². The van der Waals surface area contributed by atoms with Crippen molar-refractivity contribution in [1.82, 2.24) is 4.98 Å². The number of esters is 1. The molecule has 0 aliphatic rings. The van der Waals surface area contributed by atoms with E-state index in [1.54, 1.807) is 12.4 Å². The molecule has 4 heteroatoms. The standard InChI is InChI=1S/C14H22N2O2/c1-10-5-6-16-9-12(10)7-11(8-15)13(17)18-14(2,3)4/h5-6,9,11H,7-8,15H2,1-4H3. The molecule has 0 saturated heterocycles. The van der Waals surface area contributed by atoms with Crippen molar-refractivity contribution in [3.05, 3.63) is 29.6 Å². The average molecular weight is 250 g/mol. The molecule has 4 nitrogen and oxygen atoms in total. The van der Waals surface area contributed by atoms with Crippen molar-refractivity contribution in [2.24, 2.45) is 11.7 Å². The second-order valence-electron chi connectivity index (χ2n) is 5.47. The lowest BCUT2D eigenvalue weighted by molar-refractivity contribution is -0.159. The summed E-state index contributed by atoms with van der Waals surface area (Å²) in [6, 6.07) is 1.93. The molecule has 2 N–H and O–H groups in total. The number of aryl methyl sites for hydroxylation is 1. The predicted molar refractivity (Wildman–Crippen MR) is 71.1 cm³/mol. The zero-order valence-electron chi connectivity index (χ0n) is 11.6. The van der Waals surface area contributed by atoms with Crippen LogP contribution in [0.25, 0.3) is 0 Å². The molecular formula is C14H22N2O2. The molecule has 0 bridgehead atoms. The summed E-state index contributed by atoms with van der Waals surface area (Å²) in [6.07, 6.45) is 4.09. The molecule has 100 valence electrons. The number of rotatable bonds is 4. The van der Waals surface area contributed by atoms with Crippen LogP contribution in [0.2, 0.25) is 0 Å². The van der Waals surface area contributed by atoms with Crippen LogP contribution in [0.4, 0.5) is 0 Å². The third-order valence-corrected chi connectivity index (χ3v) is 2.64. The number of nitrogens with zero attached hydrogens (tertiary/aromatic N) is 1. The molecule has 1 unspecified atom stereocenters. The first kappa shape index (κ1) is 14.6. The summed E-state index contributed by atoms with van der Waals surface area (Å²) in [7, 11) is 0. The van der Waals surface area contributed by atoms with Crippen LogP contribution >= 0.6 is 0 Å². The van der Waals surface area contributed by atoms with E-state index in [9.17, 15) is 4.79 Å². The van der Waals surface area contributed by atoms with E-state index in [0.717, 1.165) is 11.1 Å². The Hall–Kier alpha value is -1.42. The van der Waals surface area contributed by atoms with Gasteiger partial charge in [-0.05, 0) is 51.3 Å². The molecule has 0 aliphatic heterocycles. The SMILES string of the molecule is Cc1ccncc1CC(CN)C(=O)OC(C)(C)C. The van der Waals surface area contributed by atoms with Gasteiger partial charge in [0.05, 0.1) is 5.92 Å². The van der Waals surface area contributed by atoms with E-state index in [-0.39, 0.29) is 18.4 Å². The van der Waals surface area contributed by atoms with E-state index in [1.807, 2.05) is 33.8 Å². The molecule has 1 rings (SSSR count). The second kappa shape index (κ2) is 5.96. The fourth-order valence-electron chi connectivity index (χ4n) is 1.62. The van der Waals surface area contributed by atoms with Gasteiger partial charge in [-0.2, -0.15) is 0 Å². The van der Waals surface area contributed by atoms with Gasteiger partial charge in [-0.3, -0.25) is 9.78 Å². The van der Waals surface area contributed by atoms with Crippen molar-refractivity contribution in [3.8, 4) is 0 Å². The van der Waals surface area contributed by atoms with Gasteiger partial charge in [0.1, 0.15) is 5.60 Å². The maximum Gasteiger partial charge on any atom is 0.311 e. The third kappa shape index (κ3) is 4.45. The molecule has 0 amide bonds. The van der Waals surface area contributed by atoms with E-state index in [1.165, 1.54) is 0 Å². The van der Waals surface area contributed by atoms with E-state index >= 15 is 0 Å². The van der Waals surface area contributed by atoms with Gasteiger partial charge in [0.25, 0.3) is 0 Å². The third-order valence-electron chi connectivity index (χ3n) is 2.64. The first-order valence-electron chi connectivity index (χ1n) is 6.16. The highest BCUT2D eigenvalue weighted by molar-refractivity contribution is 5.73. The minimum absolute atomic E-state index is 0.242. The van der Waals surface area contributed by atoms with Gasteiger partial charge < -0.3 is 10.5 Å². The van der Waals surface area contributed by atoms with Crippen LogP contribution in [0.5, 0.6) is 0 Å². The van der Waals surface area contributed by atoms with Crippen molar-refractivity contribution in [2.45, 2.75) is 39.7 Å². The maximum atomic E-state index is 12.0. The van der Waals surface area contributed by atoms with Crippen LogP contribution in [-0.4, -0.2) is 23.1 Å². The zero-order valence-corrected chi connectivity index (χ0v) is 11.6. The highest BCUT2D eigenvalue weighted by Crippen LogP contribution is 2.16. The Balaban J connectivity index is 2.74. The summed E-state index contributed by atoms with van der Waals surface area (Å²) in [5.74, 6) is -0.555. The second-order valence-corrected chi connectivity index (χ2v) is 5.47. The number of aromatic nitrogens is 1. The van der Waals surface area contributed by atoms with Crippen LogP contribution in [0, 0.1) is 12.8 Å². The van der Waals surface area contributed by atoms with Crippen molar-refractivity contribution in [2.75, 3.05) is 6.54 Å². The molecule has 1 heterocycles. The van der Waals surface area contributed by atoms with Gasteiger partial charge in [0, 0.05) is 18.9 Å². The molecule has 1 aromatic heterocycles. The molecule has 0 saturated carbocycles. The lowest BCUT2D eigenvalue weighted by Gasteiger charge is -2.23. The average Bonchev–Trinajstić information content (AvgIpc) is 2.25. The largest absolute Gasteiger partial charge is 0.460 e. The van der Waals surface area contributed by atoms with Crippen LogP contribution in [0.3, 0.4) is 0 Å². The minimum atomic E-state index is -0.478. The monoisotopic (exact) mass is 250 g/mol. The maximum absolute atomic E-state index is 12.0. The predicted octanol–water partition coefficient (Wildman–Crippen LogP) is 1.85. The lowest BCUT2D eigenvalue weighted by atomic mass is 9.97. The van der Waals surface area contributed by atoms with Gasteiger partial charge in [0.2, 0.25) is 0 Å². The summed E-state index contributed by atoms with van der Waals surface area (Å²) in [6.45, 7) is 7.85. The first-order chi connectivity index (χ1) is 8.33. The number of hydrogen-bond acceptors (Lipinski definition) is 4. The van der Waals surface area contributed by atoms with Crippen LogP contribution < -0.4 is 5.73 Å². The summed E-state index contributed by atoms with van der Waals surface area (Å²) in [5.41, 5.74) is 7.35. The van der Waals surface area contributed by atoms with Crippen LogP contribution in [0.1, 0.15) is 31.9 Å². The summed E-state index contributed by atoms with van der Waals surface area (Å²) >= 11 is 0. The molecular weight excluding hydrogens is 228 g/mol. The molecule has 0 radical (unpaired) electrons. The summed E-state index contributed by atoms with van der Waals surface area (Å²) in [5, 5.41) is 0. The Bertz CT molecular complexity index is 411. The van der Waals surface area contributed by atoms with Gasteiger partial charge in [0.15, 0.2) is 0 Å². The Labute approximate surface area is 109 Å². The van der Waals surface area contributed by atoms with Gasteiger partial charge in [-0.25, -0.2) is 0 Å². The summed E-state index contributed by atoms with van der Waals surface area (Å²) < 4.78 is 5.36. The number of pyridine rings is 1. The molecule has 18 heavy (non-hydrogen) atoms. The molecule has 1 aromatic rings. The number of carbonyl (C=O) groups excluding carboxylic acids is 1. The van der Waals surface area contributed by atoms with Crippen molar-refractivity contribution in [1.29, 1.82) is 0 Å². The Morgan fingerprint density at radius 2 is 2.17 bits per heavy atom. The quantitative estimate of drug-likeness (QED) is 0.828. The van der Waals surface area contributed by atoms with E-state index in [4.69, 9.17) is 10.5 Å². The smallest absolute Gasteiger partial charge is 0.311 e. The molecule has 1 atom stereocenters. The van der Waals surface area contributed by atoms with E-state index in [2.05, 4.69) is 4.98 Å². The van der Waals surface area contributed by atoms with Gasteiger partial charge in [-0.15, -0.1) is 0 Å². The summed E-state index contributed by atoms with van der Waals surface area (Å²) in [4.78, 5) is 16.1. The Kier molecular flexibility index (Phi) is 4.84. The fraction of sp³-hybridized carbons (Fsp3) is 0.571. The molecule has 0 aliphatic carbocycles. The highest BCUT2D eigenvalue weighted by atomic mass is 16.6. The van der Waals surface area contributed by atoms with Crippen molar-refractivity contribution in [3.63, 3.8) is 0 Å². The topological polar surface area (TPSA) is 65.2 Å². The lowest BCUT2D eigenvalue weighted by Crippen LogP contribution is -2.33. The first-order valence-corrected chi connectivity index (χ1v) is 6.16. The van der Waals surface area contributed by atoms with E-state index < -0.39 is 5.60 Å². The Morgan fingerprint density at radius 3 is 2.67 bits per heavy atom. The van der Waals surface area contributed by atoms with E-state index in [0.29, 0.717) is 6.42 Å².